The molecule has 0 fully saturated rings. The molecule has 0 N–H and O–H groups in total. The zero-order valence-electron chi connectivity index (χ0n) is 2.97. The topological polar surface area (TPSA) is 34.1 Å². The summed E-state index contributed by atoms with van der Waals surface area (Å²) in [5.74, 6) is 0. The van der Waals surface area contributed by atoms with Crippen LogP contribution in [0.15, 0.2) is 0 Å². The molecule has 0 spiro atoms. The lowest BCUT2D eigenvalue weighted by molar-refractivity contribution is -0.109. The Hall–Kier alpha value is -0.310. The summed E-state index contributed by atoms with van der Waals surface area (Å²) in [5, 5.41) is -0.440. The van der Waals surface area contributed by atoms with E-state index in [1.165, 1.54) is 6.29 Å². The van der Waals surface area contributed by atoms with Gasteiger partial charge in [-0.05, 0) is 0 Å². The molecular formula is C3H3O2S. The summed E-state index contributed by atoms with van der Waals surface area (Å²) < 4.78 is 0. The minimum atomic E-state index is -0.440. The molecule has 0 aliphatic rings. The third-order valence-corrected chi connectivity index (χ3v) is 0.382. The lowest BCUT2D eigenvalue weighted by atomic mass is 10.5. The summed E-state index contributed by atoms with van der Waals surface area (Å²) >= 11 is 3.28. The Kier molecular flexibility index (Phi) is 2.75. The molecule has 0 amide bonds. The predicted molar refractivity (Wildman–Crippen MR) is 24.3 cm³/mol. The van der Waals surface area contributed by atoms with E-state index in [-0.39, 0.29) is 6.42 Å². The average Bonchev–Trinajstić information content (AvgIpc) is 1.35. The third-order valence-electron chi connectivity index (χ3n) is 0.223. The highest BCUT2D eigenvalue weighted by atomic mass is 32.1. The van der Waals surface area contributed by atoms with Crippen molar-refractivity contribution in [2.24, 2.45) is 0 Å². The monoisotopic (exact) mass is 103 g/mol. The second kappa shape index (κ2) is 2.90. The van der Waals surface area contributed by atoms with Crippen molar-refractivity contribution < 1.29 is 9.59 Å². The SMILES string of the molecule is O=[C]CC(=O)S. The fraction of sp³-hybridized carbons (Fsp3) is 0.333. The first kappa shape index (κ1) is 5.69. The summed E-state index contributed by atoms with van der Waals surface area (Å²) in [6, 6.07) is 0. The van der Waals surface area contributed by atoms with Gasteiger partial charge in [0, 0.05) is 0 Å². The smallest absolute Gasteiger partial charge is 0.207 e. The van der Waals surface area contributed by atoms with Crippen LogP contribution in [0.2, 0.25) is 0 Å². The Morgan fingerprint density at radius 3 is 2.33 bits per heavy atom. The van der Waals surface area contributed by atoms with Gasteiger partial charge >= 0.3 is 0 Å². The van der Waals surface area contributed by atoms with Crippen molar-refractivity contribution >= 4 is 24.0 Å². The molecule has 0 aliphatic heterocycles. The largest absolute Gasteiger partial charge is 0.290 e. The highest BCUT2D eigenvalue weighted by molar-refractivity contribution is 7.96. The van der Waals surface area contributed by atoms with E-state index in [1.807, 2.05) is 0 Å². The summed E-state index contributed by atoms with van der Waals surface area (Å²) in [7, 11) is 0. The Labute approximate surface area is 40.9 Å². The summed E-state index contributed by atoms with van der Waals surface area (Å²) in [4.78, 5) is 18.9. The third kappa shape index (κ3) is 3.69. The van der Waals surface area contributed by atoms with Crippen LogP contribution in [0.5, 0.6) is 0 Å². The molecule has 0 aromatic heterocycles. The molecule has 0 aromatic rings. The summed E-state index contributed by atoms with van der Waals surface area (Å²) in [6.45, 7) is 0. The molecule has 0 saturated carbocycles. The molecule has 2 nitrogen and oxygen atoms in total. The molecule has 0 rings (SSSR count). The number of carbonyl (C=O) groups excluding carboxylic acids is 2. The van der Waals surface area contributed by atoms with E-state index in [9.17, 15) is 9.59 Å². The molecule has 0 bridgehead atoms. The van der Waals surface area contributed by atoms with Crippen LogP contribution in [0.25, 0.3) is 0 Å². The highest BCUT2D eigenvalue weighted by Crippen LogP contribution is 1.79. The standard InChI is InChI=1S/C3H3O2S/c4-2-1-3(5)6/h1H2,(H,5,6). The molecule has 3 heteroatoms. The van der Waals surface area contributed by atoms with Crippen molar-refractivity contribution in [3.8, 4) is 0 Å². The van der Waals surface area contributed by atoms with Gasteiger partial charge in [0.15, 0.2) is 5.12 Å². The molecule has 1 radical (unpaired) electrons. The van der Waals surface area contributed by atoms with Gasteiger partial charge in [-0.3, -0.25) is 9.59 Å². The van der Waals surface area contributed by atoms with Crippen molar-refractivity contribution in [2.45, 2.75) is 6.42 Å². The van der Waals surface area contributed by atoms with Crippen LogP contribution in [0.3, 0.4) is 0 Å². The van der Waals surface area contributed by atoms with Crippen LogP contribution in [0, 0.1) is 0 Å². The molecule has 0 aliphatic carbocycles. The minimum absolute atomic E-state index is 0.205. The van der Waals surface area contributed by atoms with Crippen LogP contribution >= 0.6 is 12.6 Å². The predicted octanol–water partition coefficient (Wildman–Crippen LogP) is -0.0574. The number of hydrogen-bond acceptors (Lipinski definition) is 2. The van der Waals surface area contributed by atoms with Crippen molar-refractivity contribution in [1.29, 1.82) is 0 Å². The Morgan fingerprint density at radius 2 is 2.33 bits per heavy atom. The van der Waals surface area contributed by atoms with Gasteiger partial charge in [0.05, 0.1) is 6.42 Å². The maximum atomic E-state index is 9.65. The van der Waals surface area contributed by atoms with Crippen molar-refractivity contribution in [3.63, 3.8) is 0 Å². The van der Waals surface area contributed by atoms with E-state index in [0.717, 1.165) is 0 Å². The van der Waals surface area contributed by atoms with Gasteiger partial charge in [-0.1, -0.05) is 0 Å². The Morgan fingerprint density at radius 1 is 1.83 bits per heavy atom. The van der Waals surface area contributed by atoms with Crippen LogP contribution < -0.4 is 0 Å². The molecule has 33 valence electrons. The van der Waals surface area contributed by atoms with Crippen molar-refractivity contribution in [2.75, 3.05) is 0 Å². The van der Waals surface area contributed by atoms with E-state index >= 15 is 0 Å². The maximum Gasteiger partial charge on any atom is 0.207 e. The van der Waals surface area contributed by atoms with Gasteiger partial charge in [0.2, 0.25) is 6.29 Å². The maximum absolute atomic E-state index is 9.65. The van der Waals surface area contributed by atoms with Crippen LogP contribution in [0.1, 0.15) is 6.42 Å². The Bertz CT molecular complexity index is 69.2. The first-order chi connectivity index (χ1) is 2.77. The molecule has 0 heterocycles. The number of rotatable bonds is 2. The highest BCUT2D eigenvalue weighted by Gasteiger charge is 1.86. The second-order valence-corrected chi connectivity index (χ2v) is 1.21. The van der Waals surface area contributed by atoms with E-state index in [1.54, 1.807) is 0 Å². The Balaban J connectivity index is 3.05. The van der Waals surface area contributed by atoms with Crippen LogP contribution in [-0.2, 0) is 9.59 Å². The molecule has 0 saturated heterocycles. The van der Waals surface area contributed by atoms with Gasteiger partial charge in [0.1, 0.15) is 0 Å². The van der Waals surface area contributed by atoms with Gasteiger partial charge < -0.3 is 0 Å². The van der Waals surface area contributed by atoms with Crippen LogP contribution in [0.4, 0.5) is 0 Å². The molecule has 0 atom stereocenters. The van der Waals surface area contributed by atoms with E-state index in [4.69, 9.17) is 0 Å². The van der Waals surface area contributed by atoms with Gasteiger partial charge in [-0.15, -0.1) is 12.6 Å². The zero-order chi connectivity index (χ0) is 4.99. The van der Waals surface area contributed by atoms with Crippen molar-refractivity contribution in [1.82, 2.24) is 0 Å². The first-order valence-electron chi connectivity index (χ1n) is 1.34. The minimum Gasteiger partial charge on any atom is -0.290 e. The summed E-state index contributed by atoms with van der Waals surface area (Å²) in [5.41, 5.74) is 0. The number of thiol groups is 1. The zero-order valence-corrected chi connectivity index (χ0v) is 3.87. The quantitative estimate of drug-likeness (QED) is 0.392. The first-order valence-corrected chi connectivity index (χ1v) is 1.79. The van der Waals surface area contributed by atoms with Gasteiger partial charge in [0.25, 0.3) is 0 Å². The fourth-order valence-corrected chi connectivity index (χ4v) is 0.126. The lowest BCUT2D eigenvalue weighted by Crippen LogP contribution is -1.83. The van der Waals surface area contributed by atoms with Gasteiger partial charge in [-0.25, -0.2) is 0 Å². The molecule has 0 aromatic carbocycles. The number of hydrogen-bond donors (Lipinski definition) is 1. The molecule has 6 heavy (non-hydrogen) atoms. The van der Waals surface area contributed by atoms with Gasteiger partial charge in [-0.2, -0.15) is 0 Å². The summed E-state index contributed by atoms with van der Waals surface area (Å²) in [6.07, 6.45) is 1.19. The lowest BCUT2D eigenvalue weighted by Gasteiger charge is -1.69. The normalized spacial score (nSPS) is 7.50. The van der Waals surface area contributed by atoms with Crippen molar-refractivity contribution in [3.05, 3.63) is 0 Å². The van der Waals surface area contributed by atoms with E-state index < -0.39 is 5.12 Å². The molecule has 0 unspecified atom stereocenters. The fourth-order valence-electron chi connectivity index (χ4n) is 0.0617. The van der Waals surface area contributed by atoms with E-state index in [2.05, 4.69) is 12.6 Å². The van der Waals surface area contributed by atoms with E-state index in [0.29, 0.717) is 0 Å². The van der Waals surface area contributed by atoms with Crippen LogP contribution in [-0.4, -0.2) is 11.4 Å². The molecular weight excluding hydrogens is 100 g/mol. The number of carbonyl (C=O) groups is 1. The average molecular weight is 103 g/mol. The second-order valence-electron chi connectivity index (χ2n) is 0.715.